The van der Waals surface area contributed by atoms with E-state index in [0.717, 1.165) is 0 Å². The minimum atomic E-state index is -1.50. The van der Waals surface area contributed by atoms with Crippen LogP contribution in [0.2, 0.25) is 0 Å². The van der Waals surface area contributed by atoms with Gasteiger partial charge in [0.05, 0.1) is 0 Å². The van der Waals surface area contributed by atoms with E-state index in [0.29, 0.717) is 0 Å². The Morgan fingerprint density at radius 2 is 0.571 bits per heavy atom. The van der Waals surface area contributed by atoms with Crippen LogP contribution in [0.5, 0.6) is 0 Å². The summed E-state index contributed by atoms with van der Waals surface area (Å²) in [5.74, 6) is 0. The zero-order valence-corrected chi connectivity index (χ0v) is 12.7. The van der Waals surface area contributed by atoms with E-state index in [1.165, 1.54) is 0 Å². The van der Waals surface area contributed by atoms with E-state index in [-0.39, 0.29) is 41.9 Å². The van der Waals surface area contributed by atoms with Crippen molar-refractivity contribution < 1.29 is 70.7 Å². The van der Waals surface area contributed by atoms with Crippen molar-refractivity contribution in [2.45, 2.75) is 0 Å². The summed E-state index contributed by atoms with van der Waals surface area (Å²) in [5, 5.41) is 54.6. The molecule has 0 bridgehead atoms. The average molecular weight is 337 g/mol. The second-order valence-corrected chi connectivity index (χ2v) is 0.951. The van der Waals surface area contributed by atoms with Gasteiger partial charge >= 0.3 is 29.6 Å². The topological polar surface area (TPSA) is 323 Å². The van der Waals surface area contributed by atoms with Crippen molar-refractivity contribution in [1.82, 2.24) is 12.3 Å². The second-order valence-electron chi connectivity index (χ2n) is 0.951. The summed E-state index contributed by atoms with van der Waals surface area (Å²) in [6.07, 6.45) is 0. The zero-order chi connectivity index (χ0) is 16.3. The zero-order valence-electron chi connectivity index (χ0n) is 10.7. The van der Waals surface area contributed by atoms with E-state index in [2.05, 4.69) is 13.2 Å². The Morgan fingerprint density at radius 1 is 0.571 bits per heavy atom. The van der Waals surface area contributed by atoms with Gasteiger partial charge in [0.25, 0.3) is 20.3 Å². The molecular formula is C2H14N6NaO12+. The first-order valence-corrected chi connectivity index (χ1v) is 2.76. The van der Waals surface area contributed by atoms with Crippen molar-refractivity contribution in [3.05, 3.63) is 53.6 Å². The number of rotatable bonds is 0. The second kappa shape index (κ2) is 52.9. The number of hydrogen-bond donors (Lipinski definition) is 6. The first-order valence-electron chi connectivity index (χ1n) is 2.76. The molecule has 0 spiro atoms. The third-order valence-corrected chi connectivity index (χ3v) is 0. The molecule has 0 aliphatic rings. The summed E-state index contributed by atoms with van der Waals surface area (Å²) >= 11 is 0. The maximum atomic E-state index is 8.36. The van der Waals surface area contributed by atoms with E-state index >= 15 is 0 Å². The Kier molecular flexibility index (Phi) is 129. The molecule has 10 N–H and O–H groups in total. The van der Waals surface area contributed by atoms with Gasteiger partial charge in [-0.2, -0.15) is 0 Å². The Bertz CT molecular complexity index is 184. The minimum absolute atomic E-state index is 0. The first-order chi connectivity index (χ1) is 7.93. The molecule has 0 unspecified atom stereocenters. The molecule has 21 heavy (non-hydrogen) atoms. The van der Waals surface area contributed by atoms with Crippen molar-refractivity contribution in [2.75, 3.05) is 0 Å². The SMILES string of the molecule is C=C.N.N.O=[N+]([O-])O.O=[N+]([O-])O.O=[N+]([O-])O.O=[N+]([O-])O.[Na+]. The monoisotopic (exact) mass is 337 g/mol. The van der Waals surface area contributed by atoms with E-state index < -0.39 is 20.3 Å². The predicted octanol–water partition coefficient (Wildman–Crippen LogP) is -3.26. The largest absolute Gasteiger partial charge is 1.00 e. The van der Waals surface area contributed by atoms with Crippen LogP contribution in [-0.2, 0) is 0 Å². The van der Waals surface area contributed by atoms with Crippen LogP contribution in [0.1, 0.15) is 0 Å². The van der Waals surface area contributed by atoms with Crippen LogP contribution in [0.3, 0.4) is 0 Å². The number of hydrogen-bond acceptors (Lipinski definition) is 10. The van der Waals surface area contributed by atoms with Gasteiger partial charge in [0.2, 0.25) is 0 Å². The fourth-order valence-corrected chi connectivity index (χ4v) is 0. The van der Waals surface area contributed by atoms with E-state index in [1.807, 2.05) is 0 Å². The van der Waals surface area contributed by atoms with Gasteiger partial charge in [-0.05, 0) is 0 Å². The summed E-state index contributed by atoms with van der Waals surface area (Å²) in [7, 11) is 0. The molecule has 0 aromatic carbocycles. The van der Waals surface area contributed by atoms with Crippen molar-refractivity contribution >= 4 is 0 Å². The van der Waals surface area contributed by atoms with Crippen molar-refractivity contribution in [3.8, 4) is 0 Å². The third kappa shape index (κ3) is 647. The van der Waals surface area contributed by atoms with Gasteiger partial charge in [-0.15, -0.1) is 53.6 Å². The summed E-state index contributed by atoms with van der Waals surface area (Å²) in [4.78, 5) is 33.4. The fourth-order valence-electron chi connectivity index (χ4n) is 0. The molecule has 0 amide bonds. The molecule has 18 nitrogen and oxygen atoms in total. The Hall–Kier alpha value is -2.54. The van der Waals surface area contributed by atoms with Gasteiger partial charge < -0.3 is 33.1 Å². The molecule has 0 saturated heterocycles. The normalized spacial score (nSPS) is 4.76. The van der Waals surface area contributed by atoms with Gasteiger partial charge in [-0.3, -0.25) is 0 Å². The van der Waals surface area contributed by atoms with E-state index in [1.54, 1.807) is 0 Å². The van der Waals surface area contributed by atoms with Gasteiger partial charge in [0, 0.05) is 0 Å². The van der Waals surface area contributed by atoms with Gasteiger partial charge in [-0.1, -0.05) is 0 Å². The van der Waals surface area contributed by atoms with Crippen LogP contribution in [0.4, 0.5) is 0 Å². The summed E-state index contributed by atoms with van der Waals surface area (Å²) < 4.78 is 0. The van der Waals surface area contributed by atoms with Crippen LogP contribution >= 0.6 is 0 Å². The Morgan fingerprint density at radius 3 is 0.571 bits per heavy atom. The fraction of sp³-hybridized carbons (Fsp3) is 0. The summed E-state index contributed by atoms with van der Waals surface area (Å²) in [6, 6.07) is 0. The van der Waals surface area contributed by atoms with Gasteiger partial charge in [0.15, 0.2) is 0 Å². The molecule has 0 heterocycles. The maximum absolute atomic E-state index is 8.36. The average Bonchev–Trinajstić information content (AvgIpc) is 2.01. The first kappa shape index (κ1) is 51.4. The summed E-state index contributed by atoms with van der Waals surface area (Å²) in [6.45, 7) is 6.00. The van der Waals surface area contributed by atoms with Crippen LogP contribution in [-0.4, -0.2) is 41.2 Å². The molecular weight excluding hydrogens is 323 g/mol. The van der Waals surface area contributed by atoms with Gasteiger partial charge in [0.1, 0.15) is 0 Å². The van der Waals surface area contributed by atoms with Gasteiger partial charge in [-0.25, -0.2) is 0 Å². The number of nitrogens with zero attached hydrogens (tertiary/aromatic N) is 4. The maximum Gasteiger partial charge on any atom is 1.00 e. The van der Waals surface area contributed by atoms with Crippen LogP contribution in [0.15, 0.2) is 13.2 Å². The van der Waals surface area contributed by atoms with E-state index in [9.17, 15) is 0 Å². The van der Waals surface area contributed by atoms with Crippen molar-refractivity contribution in [2.24, 2.45) is 0 Å². The van der Waals surface area contributed by atoms with Crippen LogP contribution in [0, 0.1) is 40.5 Å². The quantitative estimate of drug-likeness (QED) is 0.109. The molecule has 19 heteroatoms. The standard InChI is InChI=1S/C2H4.4HNO3.2H3N.Na/c1-2;4*2-1(3)4;;;/h1-2H2;4*(H,2,3,4);2*1H3;/q;;;;;;;+1. The molecule has 0 aliphatic carbocycles. The third-order valence-electron chi connectivity index (χ3n) is 0. The van der Waals surface area contributed by atoms with Crippen molar-refractivity contribution in [3.63, 3.8) is 0 Å². The molecule has 0 aromatic rings. The Labute approximate surface area is 137 Å². The Balaban J connectivity index is -0.0000000164. The van der Waals surface area contributed by atoms with E-state index in [4.69, 9.17) is 61.3 Å². The van der Waals surface area contributed by atoms with Crippen molar-refractivity contribution in [1.29, 1.82) is 0 Å². The molecule has 0 atom stereocenters. The minimum Gasteiger partial charge on any atom is -0.344 e. The molecule has 0 aliphatic heterocycles. The van der Waals surface area contributed by atoms with Crippen LogP contribution < -0.4 is 41.9 Å². The van der Waals surface area contributed by atoms with Crippen LogP contribution in [0.25, 0.3) is 0 Å². The molecule has 0 rings (SSSR count). The molecule has 0 saturated carbocycles. The molecule has 0 fully saturated rings. The predicted molar refractivity (Wildman–Crippen MR) is 56.4 cm³/mol. The molecule has 0 radical (unpaired) electrons. The summed E-state index contributed by atoms with van der Waals surface area (Å²) in [5.41, 5.74) is 0. The molecule has 124 valence electrons. The smallest absolute Gasteiger partial charge is 0.344 e. The molecule has 0 aromatic heterocycles.